The van der Waals surface area contributed by atoms with E-state index in [4.69, 9.17) is 9.47 Å². The lowest BCUT2D eigenvalue weighted by Gasteiger charge is -2.18. The highest BCUT2D eigenvalue weighted by molar-refractivity contribution is 5.44. The molecule has 0 bridgehead atoms. The van der Waals surface area contributed by atoms with Gasteiger partial charge in [0.2, 0.25) is 0 Å². The van der Waals surface area contributed by atoms with Gasteiger partial charge in [0.15, 0.2) is 0 Å². The summed E-state index contributed by atoms with van der Waals surface area (Å²) in [4.78, 5) is 0. The molecule has 0 saturated heterocycles. The minimum absolute atomic E-state index is 0.00385. The SMILES string of the molecule is [CH2]C(C=C)c1cc(OCC)ccc1OC(C)C. The molecular weight excluding hydrogens is 212 g/mol. The topological polar surface area (TPSA) is 18.5 Å². The van der Waals surface area contributed by atoms with E-state index in [0.29, 0.717) is 6.61 Å². The zero-order chi connectivity index (χ0) is 12.8. The van der Waals surface area contributed by atoms with E-state index in [9.17, 15) is 0 Å². The summed E-state index contributed by atoms with van der Waals surface area (Å²) in [5.41, 5.74) is 1.01. The molecular formula is C15H21O2. The molecule has 0 aliphatic heterocycles. The molecule has 0 aromatic heterocycles. The molecule has 1 aromatic rings. The van der Waals surface area contributed by atoms with Gasteiger partial charge in [0.25, 0.3) is 0 Å². The number of benzene rings is 1. The van der Waals surface area contributed by atoms with Gasteiger partial charge >= 0.3 is 0 Å². The maximum absolute atomic E-state index is 5.76. The zero-order valence-electron chi connectivity index (χ0n) is 10.9. The Morgan fingerprint density at radius 2 is 2.06 bits per heavy atom. The Bertz CT molecular complexity index is 369. The summed E-state index contributed by atoms with van der Waals surface area (Å²) in [5.74, 6) is 1.70. The molecule has 0 saturated carbocycles. The Morgan fingerprint density at radius 1 is 1.35 bits per heavy atom. The predicted octanol–water partition coefficient (Wildman–Crippen LogP) is 3.98. The van der Waals surface area contributed by atoms with Gasteiger partial charge < -0.3 is 9.47 Å². The van der Waals surface area contributed by atoms with Gasteiger partial charge in [0, 0.05) is 11.5 Å². The van der Waals surface area contributed by atoms with E-state index in [2.05, 4.69) is 13.5 Å². The molecule has 93 valence electrons. The van der Waals surface area contributed by atoms with Crippen LogP contribution in [0.25, 0.3) is 0 Å². The summed E-state index contributed by atoms with van der Waals surface area (Å²) in [6.07, 6.45) is 1.95. The summed E-state index contributed by atoms with van der Waals surface area (Å²) in [7, 11) is 0. The first-order valence-corrected chi connectivity index (χ1v) is 5.97. The van der Waals surface area contributed by atoms with Crippen molar-refractivity contribution in [1.82, 2.24) is 0 Å². The van der Waals surface area contributed by atoms with Crippen LogP contribution in [0.4, 0.5) is 0 Å². The molecule has 0 fully saturated rings. The van der Waals surface area contributed by atoms with Crippen LogP contribution in [0.15, 0.2) is 30.9 Å². The van der Waals surface area contributed by atoms with Crippen LogP contribution in [0.2, 0.25) is 0 Å². The molecule has 0 amide bonds. The number of ether oxygens (including phenoxy) is 2. The van der Waals surface area contributed by atoms with Crippen molar-refractivity contribution >= 4 is 0 Å². The Hall–Kier alpha value is -1.44. The Morgan fingerprint density at radius 3 is 2.59 bits per heavy atom. The molecule has 1 aromatic carbocycles. The average Bonchev–Trinajstić information content (AvgIpc) is 2.30. The smallest absolute Gasteiger partial charge is 0.123 e. The molecule has 2 nitrogen and oxygen atoms in total. The summed E-state index contributed by atoms with van der Waals surface area (Å²) in [6, 6.07) is 5.82. The van der Waals surface area contributed by atoms with Gasteiger partial charge in [-0.15, -0.1) is 6.58 Å². The van der Waals surface area contributed by atoms with Crippen molar-refractivity contribution in [3.05, 3.63) is 43.3 Å². The molecule has 2 heteroatoms. The van der Waals surface area contributed by atoms with E-state index in [-0.39, 0.29) is 12.0 Å². The second-order valence-corrected chi connectivity index (χ2v) is 4.14. The lowest BCUT2D eigenvalue weighted by atomic mass is 10.00. The van der Waals surface area contributed by atoms with E-state index in [0.717, 1.165) is 17.1 Å². The first-order chi connectivity index (χ1) is 8.08. The van der Waals surface area contributed by atoms with Crippen LogP contribution in [0.1, 0.15) is 32.3 Å². The van der Waals surface area contributed by atoms with Crippen molar-refractivity contribution in [3.63, 3.8) is 0 Å². The van der Waals surface area contributed by atoms with E-state index in [1.54, 1.807) is 6.08 Å². The summed E-state index contributed by atoms with van der Waals surface area (Å²) in [5, 5.41) is 0. The lowest BCUT2D eigenvalue weighted by Crippen LogP contribution is -2.08. The van der Waals surface area contributed by atoms with Gasteiger partial charge in [-0.2, -0.15) is 0 Å². The standard InChI is InChI=1S/C15H21O2/c1-6-12(5)14-10-13(16-7-2)8-9-15(14)17-11(3)4/h6,8-12H,1,5,7H2,2-4H3. The predicted molar refractivity (Wildman–Crippen MR) is 71.7 cm³/mol. The fourth-order valence-corrected chi connectivity index (χ4v) is 1.56. The first-order valence-electron chi connectivity index (χ1n) is 5.97. The lowest BCUT2D eigenvalue weighted by molar-refractivity contribution is 0.239. The van der Waals surface area contributed by atoms with Crippen LogP contribution in [0, 0.1) is 6.92 Å². The third kappa shape index (κ3) is 3.81. The molecule has 1 atom stereocenters. The maximum Gasteiger partial charge on any atom is 0.123 e. The summed E-state index contributed by atoms with van der Waals surface area (Å²) in [6.45, 7) is 14.4. The third-order valence-corrected chi connectivity index (χ3v) is 2.34. The maximum atomic E-state index is 5.76. The fourth-order valence-electron chi connectivity index (χ4n) is 1.56. The normalized spacial score (nSPS) is 12.3. The third-order valence-electron chi connectivity index (χ3n) is 2.34. The Balaban J connectivity index is 3.06. The number of hydrogen-bond acceptors (Lipinski definition) is 2. The van der Waals surface area contributed by atoms with Crippen LogP contribution in [0.3, 0.4) is 0 Å². The Labute approximate surface area is 104 Å². The molecule has 0 aliphatic carbocycles. The number of rotatable bonds is 6. The average molecular weight is 233 g/mol. The van der Waals surface area contributed by atoms with Gasteiger partial charge in [-0.3, -0.25) is 0 Å². The largest absolute Gasteiger partial charge is 0.494 e. The van der Waals surface area contributed by atoms with Crippen LogP contribution >= 0.6 is 0 Å². The molecule has 0 heterocycles. The highest BCUT2D eigenvalue weighted by atomic mass is 16.5. The minimum Gasteiger partial charge on any atom is -0.494 e. The number of allylic oxidation sites excluding steroid dienone is 1. The van der Waals surface area contributed by atoms with Crippen LogP contribution in [-0.2, 0) is 0 Å². The van der Waals surface area contributed by atoms with Gasteiger partial charge in [-0.05, 0) is 45.9 Å². The second-order valence-electron chi connectivity index (χ2n) is 4.14. The summed E-state index contributed by atoms with van der Waals surface area (Å²) >= 11 is 0. The monoisotopic (exact) mass is 233 g/mol. The van der Waals surface area contributed by atoms with Crippen LogP contribution in [-0.4, -0.2) is 12.7 Å². The van der Waals surface area contributed by atoms with Crippen molar-refractivity contribution in [2.24, 2.45) is 0 Å². The number of hydrogen-bond donors (Lipinski definition) is 0. The van der Waals surface area contributed by atoms with E-state index >= 15 is 0 Å². The van der Waals surface area contributed by atoms with Gasteiger partial charge in [0.1, 0.15) is 11.5 Å². The van der Waals surface area contributed by atoms with Crippen molar-refractivity contribution in [1.29, 1.82) is 0 Å². The second kappa shape index (κ2) is 6.33. The van der Waals surface area contributed by atoms with Gasteiger partial charge in [0.05, 0.1) is 12.7 Å². The van der Waals surface area contributed by atoms with E-state index in [1.807, 2.05) is 39.0 Å². The molecule has 0 spiro atoms. The van der Waals surface area contributed by atoms with Crippen molar-refractivity contribution < 1.29 is 9.47 Å². The van der Waals surface area contributed by atoms with E-state index < -0.39 is 0 Å². The van der Waals surface area contributed by atoms with Crippen molar-refractivity contribution in [2.75, 3.05) is 6.61 Å². The molecule has 0 N–H and O–H groups in total. The fraction of sp³-hybridized carbons (Fsp3) is 0.400. The molecule has 1 radical (unpaired) electrons. The first kappa shape index (κ1) is 13.6. The van der Waals surface area contributed by atoms with Crippen LogP contribution < -0.4 is 9.47 Å². The quantitative estimate of drug-likeness (QED) is 0.692. The molecule has 1 rings (SSSR count). The van der Waals surface area contributed by atoms with Crippen molar-refractivity contribution in [3.8, 4) is 11.5 Å². The van der Waals surface area contributed by atoms with E-state index in [1.165, 1.54) is 0 Å². The zero-order valence-corrected chi connectivity index (χ0v) is 10.9. The summed E-state index contributed by atoms with van der Waals surface area (Å²) < 4.78 is 11.2. The molecule has 17 heavy (non-hydrogen) atoms. The molecule has 1 unspecified atom stereocenters. The highest BCUT2D eigenvalue weighted by Crippen LogP contribution is 2.31. The molecule has 0 aliphatic rings. The van der Waals surface area contributed by atoms with Gasteiger partial charge in [-0.1, -0.05) is 6.08 Å². The minimum atomic E-state index is 0.00385. The van der Waals surface area contributed by atoms with Crippen molar-refractivity contribution in [2.45, 2.75) is 32.8 Å². The Kier molecular flexibility index (Phi) is 5.08. The van der Waals surface area contributed by atoms with Gasteiger partial charge in [-0.25, -0.2) is 0 Å². The van der Waals surface area contributed by atoms with Crippen LogP contribution in [0.5, 0.6) is 11.5 Å². The highest BCUT2D eigenvalue weighted by Gasteiger charge is 2.12.